The van der Waals surface area contributed by atoms with E-state index in [1.807, 2.05) is 12.1 Å². The van der Waals surface area contributed by atoms with Crippen LogP contribution in [0.3, 0.4) is 0 Å². The first-order chi connectivity index (χ1) is 10.7. The summed E-state index contributed by atoms with van der Waals surface area (Å²) in [5, 5.41) is 12.9. The molecule has 116 valence electrons. The Bertz CT molecular complexity index is 601. The minimum atomic E-state index is -0.445. The van der Waals surface area contributed by atoms with E-state index in [1.165, 1.54) is 19.2 Å². The minimum Gasteiger partial charge on any atom is -0.444 e. The van der Waals surface area contributed by atoms with Crippen LogP contribution < -0.4 is 5.32 Å². The zero-order valence-electron chi connectivity index (χ0n) is 12.4. The highest BCUT2D eigenvalue weighted by Crippen LogP contribution is 2.27. The lowest BCUT2D eigenvalue weighted by atomic mass is 10.0. The number of hydrogen-bond donors (Lipinski definition) is 2. The predicted octanol–water partition coefficient (Wildman–Crippen LogP) is 2.62. The molecule has 5 heteroatoms. The molecule has 0 bridgehead atoms. The van der Waals surface area contributed by atoms with Gasteiger partial charge in [0.15, 0.2) is 12.2 Å². The fourth-order valence-corrected chi connectivity index (χ4v) is 2.95. The van der Waals surface area contributed by atoms with E-state index in [0.29, 0.717) is 23.8 Å². The Morgan fingerprint density at radius 1 is 1.32 bits per heavy atom. The normalized spacial score (nSPS) is 16.6. The first-order valence-electron chi connectivity index (χ1n) is 7.69. The van der Waals surface area contributed by atoms with Crippen molar-refractivity contribution in [3.8, 4) is 11.3 Å². The van der Waals surface area contributed by atoms with Crippen LogP contribution in [0.1, 0.15) is 36.0 Å². The molecule has 1 aromatic carbocycles. The SMILES string of the molecule is O=C(NCC(O)C1CCCC1)c1ccc(-c2cnco2)cc1. The molecule has 1 amide bonds. The standard InChI is InChI=1S/C17H20N2O3/c20-15(12-3-1-2-4-12)9-19-17(21)14-7-5-13(6-8-14)16-10-18-11-22-16/h5-8,10-12,15,20H,1-4,9H2,(H,19,21). The molecule has 1 aliphatic carbocycles. The Balaban J connectivity index is 1.55. The highest BCUT2D eigenvalue weighted by molar-refractivity contribution is 5.94. The third-order valence-electron chi connectivity index (χ3n) is 4.28. The molecule has 3 rings (SSSR count). The second-order valence-corrected chi connectivity index (χ2v) is 5.76. The van der Waals surface area contributed by atoms with E-state index in [4.69, 9.17) is 4.42 Å². The van der Waals surface area contributed by atoms with Crippen molar-refractivity contribution in [1.82, 2.24) is 10.3 Å². The predicted molar refractivity (Wildman–Crippen MR) is 82.2 cm³/mol. The summed E-state index contributed by atoms with van der Waals surface area (Å²) in [5.74, 6) is 0.832. The average molecular weight is 300 g/mol. The van der Waals surface area contributed by atoms with E-state index in [9.17, 15) is 9.90 Å². The summed E-state index contributed by atoms with van der Waals surface area (Å²) in [7, 11) is 0. The van der Waals surface area contributed by atoms with Gasteiger partial charge in [0, 0.05) is 17.7 Å². The topological polar surface area (TPSA) is 75.4 Å². The summed E-state index contributed by atoms with van der Waals surface area (Å²) in [6.45, 7) is 0.313. The van der Waals surface area contributed by atoms with Crippen LogP contribution in [0.2, 0.25) is 0 Å². The Morgan fingerprint density at radius 3 is 2.68 bits per heavy atom. The first-order valence-corrected chi connectivity index (χ1v) is 7.69. The second kappa shape index (κ2) is 6.75. The number of aliphatic hydroxyl groups is 1. The van der Waals surface area contributed by atoms with E-state index in [-0.39, 0.29) is 5.91 Å². The fraction of sp³-hybridized carbons (Fsp3) is 0.412. The molecule has 0 saturated heterocycles. The van der Waals surface area contributed by atoms with Crippen molar-refractivity contribution in [2.24, 2.45) is 5.92 Å². The van der Waals surface area contributed by atoms with Crippen molar-refractivity contribution >= 4 is 5.91 Å². The van der Waals surface area contributed by atoms with Crippen molar-refractivity contribution in [2.45, 2.75) is 31.8 Å². The molecule has 2 aromatic rings. The van der Waals surface area contributed by atoms with Crippen molar-refractivity contribution in [3.05, 3.63) is 42.4 Å². The number of carbonyl (C=O) groups excluding carboxylic acids is 1. The third kappa shape index (κ3) is 3.36. The van der Waals surface area contributed by atoms with E-state index >= 15 is 0 Å². The highest BCUT2D eigenvalue weighted by atomic mass is 16.3. The molecule has 1 saturated carbocycles. The van der Waals surface area contributed by atoms with E-state index in [1.54, 1.807) is 18.3 Å². The summed E-state index contributed by atoms with van der Waals surface area (Å²) in [6, 6.07) is 7.13. The van der Waals surface area contributed by atoms with Crippen LogP contribution in [0.4, 0.5) is 0 Å². The number of benzene rings is 1. The highest BCUT2D eigenvalue weighted by Gasteiger charge is 2.23. The zero-order valence-corrected chi connectivity index (χ0v) is 12.4. The summed E-state index contributed by atoms with van der Waals surface area (Å²) in [4.78, 5) is 16.0. The van der Waals surface area contributed by atoms with Gasteiger partial charge in [0.05, 0.1) is 12.3 Å². The molecule has 1 fully saturated rings. The number of aromatic nitrogens is 1. The summed E-state index contributed by atoms with van der Waals surface area (Å²) >= 11 is 0. The van der Waals surface area contributed by atoms with Gasteiger partial charge in [-0.3, -0.25) is 4.79 Å². The van der Waals surface area contributed by atoms with Crippen molar-refractivity contribution in [1.29, 1.82) is 0 Å². The third-order valence-corrected chi connectivity index (χ3v) is 4.28. The van der Waals surface area contributed by atoms with Gasteiger partial charge in [0.2, 0.25) is 0 Å². The van der Waals surface area contributed by atoms with Gasteiger partial charge in [0.25, 0.3) is 5.91 Å². The second-order valence-electron chi connectivity index (χ2n) is 5.76. The van der Waals surface area contributed by atoms with Crippen molar-refractivity contribution in [2.75, 3.05) is 6.54 Å². The maximum Gasteiger partial charge on any atom is 0.251 e. The number of nitrogens with one attached hydrogen (secondary N) is 1. The van der Waals surface area contributed by atoms with Crippen LogP contribution in [-0.2, 0) is 0 Å². The number of carbonyl (C=O) groups is 1. The van der Waals surface area contributed by atoms with E-state index < -0.39 is 6.10 Å². The number of hydrogen-bond acceptors (Lipinski definition) is 4. The summed E-state index contributed by atoms with van der Waals surface area (Å²) in [5.41, 5.74) is 1.45. The number of amides is 1. The lowest BCUT2D eigenvalue weighted by Gasteiger charge is -2.18. The molecule has 5 nitrogen and oxygen atoms in total. The minimum absolute atomic E-state index is 0.166. The summed E-state index contributed by atoms with van der Waals surface area (Å²) < 4.78 is 5.21. The fourth-order valence-electron chi connectivity index (χ4n) is 2.95. The Kier molecular flexibility index (Phi) is 4.53. The van der Waals surface area contributed by atoms with Crippen LogP contribution in [0.5, 0.6) is 0 Å². The lowest BCUT2D eigenvalue weighted by Crippen LogP contribution is -2.35. The average Bonchev–Trinajstić information content (AvgIpc) is 3.25. The number of nitrogens with zero attached hydrogens (tertiary/aromatic N) is 1. The van der Waals surface area contributed by atoms with Gasteiger partial charge < -0.3 is 14.8 Å². The van der Waals surface area contributed by atoms with Gasteiger partial charge in [0.1, 0.15) is 0 Å². The molecule has 1 heterocycles. The Hall–Kier alpha value is -2.14. The van der Waals surface area contributed by atoms with Gasteiger partial charge >= 0.3 is 0 Å². The molecule has 1 aromatic heterocycles. The number of oxazole rings is 1. The van der Waals surface area contributed by atoms with Crippen LogP contribution in [0.25, 0.3) is 11.3 Å². The van der Waals surface area contributed by atoms with Gasteiger partial charge in [-0.15, -0.1) is 0 Å². The lowest BCUT2D eigenvalue weighted by molar-refractivity contribution is 0.0840. The van der Waals surface area contributed by atoms with Gasteiger partial charge in [-0.1, -0.05) is 25.0 Å². The molecule has 2 N–H and O–H groups in total. The molecule has 0 aliphatic heterocycles. The van der Waals surface area contributed by atoms with Crippen LogP contribution in [0.15, 0.2) is 41.3 Å². The first kappa shape index (κ1) is 14.8. The molecule has 1 atom stereocenters. The maximum absolute atomic E-state index is 12.1. The smallest absolute Gasteiger partial charge is 0.251 e. The zero-order chi connectivity index (χ0) is 15.4. The Labute approximate surface area is 129 Å². The molecule has 1 unspecified atom stereocenters. The van der Waals surface area contributed by atoms with Crippen LogP contribution >= 0.6 is 0 Å². The monoisotopic (exact) mass is 300 g/mol. The van der Waals surface area contributed by atoms with Crippen LogP contribution in [-0.4, -0.2) is 28.6 Å². The largest absolute Gasteiger partial charge is 0.444 e. The van der Waals surface area contributed by atoms with E-state index in [2.05, 4.69) is 10.3 Å². The Morgan fingerprint density at radius 2 is 2.05 bits per heavy atom. The van der Waals surface area contributed by atoms with Crippen molar-refractivity contribution in [3.63, 3.8) is 0 Å². The van der Waals surface area contributed by atoms with Gasteiger partial charge in [-0.2, -0.15) is 0 Å². The van der Waals surface area contributed by atoms with Gasteiger partial charge in [-0.25, -0.2) is 4.98 Å². The molecular formula is C17H20N2O3. The number of rotatable bonds is 5. The molecule has 1 aliphatic rings. The molecule has 0 radical (unpaired) electrons. The van der Waals surface area contributed by atoms with Crippen molar-refractivity contribution < 1.29 is 14.3 Å². The summed E-state index contributed by atoms with van der Waals surface area (Å²) in [6.07, 6.45) is 7.04. The molecular weight excluding hydrogens is 280 g/mol. The maximum atomic E-state index is 12.1. The number of aliphatic hydroxyl groups excluding tert-OH is 1. The molecule has 0 spiro atoms. The van der Waals surface area contributed by atoms with Gasteiger partial charge in [-0.05, 0) is 30.9 Å². The molecule has 22 heavy (non-hydrogen) atoms. The quantitative estimate of drug-likeness (QED) is 0.890. The van der Waals surface area contributed by atoms with Crippen LogP contribution in [0, 0.1) is 5.92 Å². The van der Waals surface area contributed by atoms with E-state index in [0.717, 1.165) is 18.4 Å².